The molecule has 0 aromatic carbocycles. The van der Waals surface area contributed by atoms with Crippen molar-refractivity contribution < 1.29 is 19.8 Å². The van der Waals surface area contributed by atoms with Gasteiger partial charge in [0.05, 0.1) is 12.2 Å². The fraction of sp³-hybridized carbons (Fsp3) is 0.562. The van der Waals surface area contributed by atoms with Crippen molar-refractivity contribution in [3.8, 4) is 0 Å². The van der Waals surface area contributed by atoms with Crippen molar-refractivity contribution in [2.45, 2.75) is 25.0 Å². The molecule has 1 aliphatic heterocycles. The second-order valence-electron chi connectivity index (χ2n) is 6.36. The Labute approximate surface area is 139 Å². The molecule has 1 aliphatic carbocycles. The minimum atomic E-state index is -0.805. The highest BCUT2D eigenvalue weighted by molar-refractivity contribution is 5.91. The highest BCUT2D eigenvalue weighted by Crippen LogP contribution is 2.28. The van der Waals surface area contributed by atoms with Crippen LogP contribution in [0.5, 0.6) is 0 Å². The molecule has 2 aliphatic rings. The van der Waals surface area contributed by atoms with E-state index < -0.39 is 18.1 Å². The maximum atomic E-state index is 12.5. The van der Waals surface area contributed by atoms with E-state index in [9.17, 15) is 19.8 Å². The number of anilines is 1. The Hall–Kier alpha value is -2.19. The third-order valence-corrected chi connectivity index (χ3v) is 4.75. The molecule has 1 aromatic heterocycles. The molecule has 0 bridgehead atoms. The molecule has 2 unspecified atom stereocenters. The molecule has 8 nitrogen and oxygen atoms in total. The van der Waals surface area contributed by atoms with Crippen LogP contribution in [0.15, 0.2) is 18.2 Å². The molecule has 2 amide bonds. The number of aromatic nitrogens is 1. The van der Waals surface area contributed by atoms with Crippen LogP contribution in [0, 0.1) is 5.92 Å². The highest BCUT2D eigenvalue weighted by Gasteiger charge is 2.38. The fourth-order valence-electron chi connectivity index (χ4n) is 3.35. The van der Waals surface area contributed by atoms with Gasteiger partial charge in [-0.15, -0.1) is 0 Å². The van der Waals surface area contributed by atoms with E-state index >= 15 is 0 Å². The summed E-state index contributed by atoms with van der Waals surface area (Å²) in [5.74, 6) is -0.212. The van der Waals surface area contributed by atoms with Gasteiger partial charge in [-0.05, 0) is 25.0 Å². The third kappa shape index (κ3) is 3.34. The van der Waals surface area contributed by atoms with Crippen LogP contribution < -0.4 is 10.6 Å². The number of nitrogens with zero attached hydrogens (tertiary/aromatic N) is 3. The van der Waals surface area contributed by atoms with Gasteiger partial charge >= 0.3 is 0 Å². The first kappa shape index (κ1) is 16.7. The maximum absolute atomic E-state index is 12.5. The largest absolute Gasteiger partial charge is 0.390 e. The van der Waals surface area contributed by atoms with E-state index in [0.717, 1.165) is 0 Å². The Balaban J connectivity index is 1.59. The highest BCUT2D eigenvalue weighted by atomic mass is 16.3. The van der Waals surface area contributed by atoms with Crippen molar-refractivity contribution >= 4 is 17.6 Å². The summed E-state index contributed by atoms with van der Waals surface area (Å²) in [6.07, 6.45) is -0.966. The normalized spacial score (nSPS) is 27.3. The minimum Gasteiger partial charge on any atom is -0.390 e. The van der Waals surface area contributed by atoms with E-state index in [-0.39, 0.29) is 17.5 Å². The topological polar surface area (TPSA) is 120 Å². The van der Waals surface area contributed by atoms with Crippen LogP contribution in [0.1, 0.15) is 23.3 Å². The lowest BCUT2D eigenvalue weighted by atomic mass is 10.1. The zero-order valence-corrected chi connectivity index (χ0v) is 13.3. The van der Waals surface area contributed by atoms with Crippen LogP contribution >= 0.6 is 0 Å². The van der Waals surface area contributed by atoms with Crippen molar-refractivity contribution in [2.24, 2.45) is 11.7 Å². The Morgan fingerprint density at radius 2 is 1.71 bits per heavy atom. The third-order valence-electron chi connectivity index (χ3n) is 4.75. The number of aliphatic hydroxyl groups is 2. The quantitative estimate of drug-likeness (QED) is 0.649. The zero-order chi connectivity index (χ0) is 17.3. The van der Waals surface area contributed by atoms with Crippen molar-refractivity contribution in [1.29, 1.82) is 0 Å². The van der Waals surface area contributed by atoms with E-state index in [2.05, 4.69) is 4.98 Å². The number of carbonyl (C=O) groups excluding carboxylic acids is 2. The summed E-state index contributed by atoms with van der Waals surface area (Å²) in [7, 11) is 0. The van der Waals surface area contributed by atoms with E-state index in [1.54, 1.807) is 17.0 Å². The van der Waals surface area contributed by atoms with Crippen LogP contribution in [-0.2, 0) is 4.79 Å². The Bertz CT molecular complexity index is 620. The van der Waals surface area contributed by atoms with Gasteiger partial charge in [-0.2, -0.15) is 0 Å². The van der Waals surface area contributed by atoms with Gasteiger partial charge in [-0.25, -0.2) is 4.98 Å². The molecular weight excluding hydrogens is 312 g/mol. The summed E-state index contributed by atoms with van der Waals surface area (Å²) in [4.78, 5) is 31.7. The molecule has 1 saturated carbocycles. The first-order valence-corrected chi connectivity index (χ1v) is 8.12. The Kier molecular flexibility index (Phi) is 4.68. The summed E-state index contributed by atoms with van der Waals surface area (Å²) in [6, 6.07) is 5.12. The summed E-state index contributed by atoms with van der Waals surface area (Å²) >= 11 is 0. The molecule has 0 radical (unpaired) electrons. The summed E-state index contributed by atoms with van der Waals surface area (Å²) in [5, 5.41) is 19.2. The number of primary amides is 1. The van der Waals surface area contributed by atoms with Gasteiger partial charge in [-0.1, -0.05) is 6.07 Å². The van der Waals surface area contributed by atoms with Crippen molar-refractivity contribution in [3.63, 3.8) is 0 Å². The van der Waals surface area contributed by atoms with Gasteiger partial charge in [0.25, 0.3) is 5.91 Å². The molecule has 130 valence electrons. The number of piperazine rings is 1. The Morgan fingerprint density at radius 1 is 1.08 bits per heavy atom. The number of nitrogens with two attached hydrogens (primary N) is 1. The molecule has 24 heavy (non-hydrogen) atoms. The lowest BCUT2D eigenvalue weighted by molar-refractivity contribution is -0.136. The van der Waals surface area contributed by atoms with Crippen molar-refractivity contribution in [3.05, 3.63) is 23.9 Å². The molecule has 2 atom stereocenters. The van der Waals surface area contributed by atoms with Crippen LogP contribution in [0.25, 0.3) is 0 Å². The van der Waals surface area contributed by atoms with E-state index in [0.29, 0.717) is 44.8 Å². The summed E-state index contributed by atoms with van der Waals surface area (Å²) < 4.78 is 0. The van der Waals surface area contributed by atoms with Crippen LogP contribution in [0.3, 0.4) is 0 Å². The molecule has 1 saturated heterocycles. The predicted octanol–water partition coefficient (Wildman–Crippen LogP) is -1.04. The standard InChI is InChI=1S/C16H22N4O4/c17-15(23)11-2-1-3-14(18-11)19-4-6-20(7-5-19)16(24)10-8-12(21)13(22)9-10/h1-3,10,12-13,21-22H,4-9H2,(H2,17,23). The van der Waals surface area contributed by atoms with Gasteiger partial charge in [0.1, 0.15) is 11.5 Å². The first-order valence-electron chi connectivity index (χ1n) is 8.12. The molecule has 1 aromatic rings. The van der Waals surface area contributed by atoms with E-state index in [4.69, 9.17) is 5.73 Å². The van der Waals surface area contributed by atoms with Gasteiger partial charge < -0.3 is 25.7 Å². The summed E-state index contributed by atoms with van der Waals surface area (Å²) in [5.41, 5.74) is 5.47. The number of pyridine rings is 1. The van der Waals surface area contributed by atoms with Crippen LogP contribution in [0.2, 0.25) is 0 Å². The van der Waals surface area contributed by atoms with Gasteiger partial charge in [0, 0.05) is 32.1 Å². The number of hydrogen-bond acceptors (Lipinski definition) is 6. The molecule has 4 N–H and O–H groups in total. The van der Waals surface area contributed by atoms with Gasteiger partial charge in [0.2, 0.25) is 5.91 Å². The average molecular weight is 334 g/mol. The molecule has 2 heterocycles. The van der Waals surface area contributed by atoms with E-state index in [1.165, 1.54) is 0 Å². The van der Waals surface area contributed by atoms with Gasteiger partial charge in [-0.3, -0.25) is 9.59 Å². The number of rotatable bonds is 3. The lowest BCUT2D eigenvalue weighted by Gasteiger charge is -2.36. The summed E-state index contributed by atoms with van der Waals surface area (Å²) in [6.45, 7) is 2.31. The molecule has 8 heteroatoms. The number of carbonyl (C=O) groups is 2. The first-order chi connectivity index (χ1) is 11.5. The molecular formula is C16H22N4O4. The van der Waals surface area contributed by atoms with E-state index in [1.807, 2.05) is 11.0 Å². The van der Waals surface area contributed by atoms with Gasteiger partial charge in [0.15, 0.2) is 0 Å². The number of amides is 2. The SMILES string of the molecule is NC(=O)c1cccc(N2CCN(C(=O)C3CC(O)C(O)C3)CC2)n1. The molecule has 3 rings (SSSR count). The van der Waals surface area contributed by atoms with Crippen LogP contribution in [-0.4, -0.2) is 70.3 Å². The van der Waals surface area contributed by atoms with Crippen LogP contribution in [0.4, 0.5) is 5.82 Å². The number of hydrogen-bond donors (Lipinski definition) is 3. The molecule has 0 spiro atoms. The second kappa shape index (κ2) is 6.74. The zero-order valence-electron chi connectivity index (χ0n) is 13.3. The lowest BCUT2D eigenvalue weighted by Crippen LogP contribution is -2.50. The smallest absolute Gasteiger partial charge is 0.267 e. The Morgan fingerprint density at radius 3 is 2.29 bits per heavy atom. The molecule has 2 fully saturated rings. The monoisotopic (exact) mass is 334 g/mol. The fourth-order valence-corrected chi connectivity index (χ4v) is 3.35. The average Bonchev–Trinajstić information content (AvgIpc) is 2.93. The number of aliphatic hydroxyl groups excluding tert-OH is 2. The second-order valence-corrected chi connectivity index (χ2v) is 6.36. The van der Waals surface area contributed by atoms with Crippen molar-refractivity contribution in [1.82, 2.24) is 9.88 Å². The maximum Gasteiger partial charge on any atom is 0.267 e. The predicted molar refractivity (Wildman–Crippen MR) is 86.3 cm³/mol. The minimum absolute atomic E-state index is 0.0101. The van der Waals surface area contributed by atoms with Crippen molar-refractivity contribution in [2.75, 3.05) is 31.1 Å².